The van der Waals surface area contributed by atoms with Crippen molar-refractivity contribution in [3.63, 3.8) is 0 Å². The maximum Gasteiger partial charge on any atom is 0.276 e. The maximum absolute atomic E-state index is 12.6. The van der Waals surface area contributed by atoms with E-state index in [0.717, 1.165) is 26.1 Å². The third kappa shape index (κ3) is 5.30. The number of halogens is 2. The third-order valence-electron chi connectivity index (χ3n) is 3.40. The van der Waals surface area contributed by atoms with Crippen molar-refractivity contribution in [3.05, 3.63) is 24.0 Å². The normalized spacial score (nSPS) is 16.9. The number of likely N-dealkylation sites (tertiary alicyclic amines) is 1. The lowest BCUT2D eigenvalue weighted by Gasteiger charge is -2.19. The number of carbonyl (C=O) groups excluding carboxylic acids is 1. The number of ether oxygens (including phenoxy) is 1. The fourth-order valence-corrected chi connectivity index (χ4v) is 2.52. The van der Waals surface area contributed by atoms with Crippen molar-refractivity contribution in [2.24, 2.45) is 5.92 Å². The van der Waals surface area contributed by atoms with Crippen LogP contribution in [0, 0.1) is 5.92 Å². The lowest BCUT2D eigenvalue weighted by atomic mass is 10.1. The summed E-state index contributed by atoms with van der Waals surface area (Å²) in [5.74, 6) is 1.08. The van der Waals surface area contributed by atoms with Crippen LogP contribution in [-0.2, 0) is 0 Å². The van der Waals surface area contributed by atoms with Crippen LogP contribution in [0.25, 0.3) is 0 Å². The highest BCUT2D eigenvalue weighted by molar-refractivity contribution is 5.95. The fraction of sp³-hybridized carbons (Fsp3) is 0.600. The Morgan fingerprint density at radius 3 is 2.86 bits per heavy atom. The molecule has 0 aromatic carbocycles. The SMILES string of the molecule is CNCC1CCN(C(=O)c2ncccc2OC(C)C)C1.Cl.Cl. The van der Waals surface area contributed by atoms with Gasteiger partial charge in [-0.25, -0.2) is 4.98 Å². The third-order valence-corrected chi connectivity index (χ3v) is 3.40. The van der Waals surface area contributed by atoms with Gasteiger partial charge in [0.05, 0.1) is 6.10 Å². The van der Waals surface area contributed by atoms with Crippen LogP contribution in [0.4, 0.5) is 0 Å². The maximum atomic E-state index is 12.6. The summed E-state index contributed by atoms with van der Waals surface area (Å²) in [6, 6.07) is 3.60. The van der Waals surface area contributed by atoms with Crippen LogP contribution in [0.15, 0.2) is 18.3 Å². The Labute approximate surface area is 144 Å². The van der Waals surface area contributed by atoms with Crippen LogP contribution < -0.4 is 10.1 Å². The molecule has 1 N–H and O–H groups in total. The first-order valence-electron chi connectivity index (χ1n) is 7.17. The van der Waals surface area contributed by atoms with E-state index >= 15 is 0 Å². The number of nitrogens with zero attached hydrogens (tertiary/aromatic N) is 2. The van der Waals surface area contributed by atoms with Crippen molar-refractivity contribution < 1.29 is 9.53 Å². The van der Waals surface area contributed by atoms with Crippen LogP contribution in [0.2, 0.25) is 0 Å². The van der Waals surface area contributed by atoms with E-state index in [9.17, 15) is 4.79 Å². The molecule has 126 valence electrons. The number of pyridine rings is 1. The van der Waals surface area contributed by atoms with Crippen LogP contribution in [0.5, 0.6) is 5.75 Å². The first-order valence-corrected chi connectivity index (χ1v) is 7.17. The van der Waals surface area contributed by atoms with Gasteiger partial charge in [-0.2, -0.15) is 0 Å². The predicted molar refractivity (Wildman–Crippen MR) is 92.4 cm³/mol. The van der Waals surface area contributed by atoms with Crippen LogP contribution in [0.3, 0.4) is 0 Å². The standard InChI is InChI=1S/C15H23N3O2.2ClH/c1-11(2)20-13-5-4-7-17-14(13)15(19)18-8-6-12(10-18)9-16-3;;/h4-5,7,11-12,16H,6,8-10H2,1-3H3;2*1H. The summed E-state index contributed by atoms with van der Waals surface area (Å²) < 4.78 is 5.68. The zero-order valence-corrected chi connectivity index (χ0v) is 14.9. The lowest BCUT2D eigenvalue weighted by Crippen LogP contribution is -2.31. The van der Waals surface area contributed by atoms with Crippen molar-refractivity contribution in [1.82, 2.24) is 15.2 Å². The molecule has 1 aliphatic heterocycles. The van der Waals surface area contributed by atoms with Gasteiger partial charge in [0.15, 0.2) is 11.4 Å². The molecule has 0 radical (unpaired) electrons. The van der Waals surface area contributed by atoms with Crippen LogP contribution in [0.1, 0.15) is 30.8 Å². The van der Waals surface area contributed by atoms with Crippen molar-refractivity contribution in [3.8, 4) is 5.75 Å². The second kappa shape index (κ2) is 9.87. The molecule has 2 rings (SSSR count). The molecule has 0 aliphatic carbocycles. The van der Waals surface area contributed by atoms with Crippen molar-refractivity contribution in [1.29, 1.82) is 0 Å². The van der Waals surface area contributed by atoms with Crippen molar-refractivity contribution in [2.45, 2.75) is 26.4 Å². The first-order chi connectivity index (χ1) is 9.61. The molecular weight excluding hydrogens is 325 g/mol. The Balaban J connectivity index is 0.00000220. The largest absolute Gasteiger partial charge is 0.489 e. The number of nitrogens with one attached hydrogen (secondary N) is 1. The number of aromatic nitrogens is 1. The van der Waals surface area contributed by atoms with E-state index in [2.05, 4.69) is 10.3 Å². The van der Waals surface area contributed by atoms with E-state index in [0.29, 0.717) is 17.4 Å². The number of carbonyl (C=O) groups is 1. The molecular formula is C15H25Cl2N3O2. The molecule has 1 saturated heterocycles. The van der Waals surface area contributed by atoms with Crippen LogP contribution >= 0.6 is 24.8 Å². The van der Waals surface area contributed by atoms with Crippen molar-refractivity contribution >= 4 is 30.7 Å². The van der Waals surface area contributed by atoms with E-state index in [1.165, 1.54) is 0 Å². The molecule has 7 heteroatoms. The second-order valence-electron chi connectivity index (χ2n) is 5.48. The Kier molecular flexibility index (Phi) is 9.41. The molecule has 1 atom stereocenters. The lowest BCUT2D eigenvalue weighted by molar-refractivity contribution is 0.0774. The average Bonchev–Trinajstić information content (AvgIpc) is 2.87. The van der Waals surface area contributed by atoms with Crippen molar-refractivity contribution in [2.75, 3.05) is 26.7 Å². The molecule has 1 aromatic heterocycles. The molecule has 0 bridgehead atoms. The van der Waals surface area contributed by atoms with Crippen LogP contribution in [-0.4, -0.2) is 48.6 Å². The Morgan fingerprint density at radius 2 is 2.23 bits per heavy atom. The summed E-state index contributed by atoms with van der Waals surface area (Å²) in [4.78, 5) is 18.7. The zero-order chi connectivity index (χ0) is 14.5. The van der Waals surface area contributed by atoms with Gasteiger partial charge in [0.2, 0.25) is 0 Å². The summed E-state index contributed by atoms with van der Waals surface area (Å²) in [5, 5.41) is 3.17. The van der Waals surface area contributed by atoms with E-state index in [4.69, 9.17) is 4.74 Å². The topological polar surface area (TPSA) is 54.5 Å². The molecule has 1 amide bonds. The van der Waals surface area contributed by atoms with E-state index in [1.807, 2.05) is 25.8 Å². The quantitative estimate of drug-likeness (QED) is 0.886. The van der Waals surface area contributed by atoms with E-state index in [-0.39, 0.29) is 36.8 Å². The highest BCUT2D eigenvalue weighted by atomic mass is 35.5. The highest BCUT2D eigenvalue weighted by Gasteiger charge is 2.28. The molecule has 5 nitrogen and oxygen atoms in total. The molecule has 1 unspecified atom stereocenters. The number of amides is 1. The number of hydrogen-bond donors (Lipinski definition) is 1. The molecule has 0 saturated carbocycles. The summed E-state index contributed by atoms with van der Waals surface area (Å²) in [7, 11) is 1.94. The second-order valence-corrected chi connectivity index (χ2v) is 5.48. The molecule has 1 aliphatic rings. The molecule has 0 spiro atoms. The summed E-state index contributed by atoms with van der Waals surface area (Å²) in [5.41, 5.74) is 0.423. The van der Waals surface area contributed by atoms with Gasteiger partial charge in [0.1, 0.15) is 0 Å². The minimum absolute atomic E-state index is 0. The molecule has 2 heterocycles. The summed E-state index contributed by atoms with van der Waals surface area (Å²) >= 11 is 0. The van der Waals surface area contributed by atoms with Gasteiger partial charge in [-0.15, -0.1) is 24.8 Å². The first kappa shape index (κ1) is 21.0. The molecule has 1 fully saturated rings. The van der Waals surface area contributed by atoms with Gasteiger partial charge in [0.25, 0.3) is 5.91 Å². The van der Waals surface area contributed by atoms with Gasteiger partial charge in [0, 0.05) is 19.3 Å². The Bertz CT molecular complexity index is 472. The molecule has 22 heavy (non-hydrogen) atoms. The van der Waals surface area contributed by atoms with Gasteiger partial charge in [-0.3, -0.25) is 4.79 Å². The van der Waals surface area contributed by atoms with Gasteiger partial charge in [-0.05, 0) is 51.9 Å². The van der Waals surface area contributed by atoms with Gasteiger partial charge in [-0.1, -0.05) is 0 Å². The van der Waals surface area contributed by atoms with E-state index in [1.54, 1.807) is 18.3 Å². The Morgan fingerprint density at radius 1 is 1.50 bits per heavy atom. The zero-order valence-electron chi connectivity index (χ0n) is 13.2. The van der Waals surface area contributed by atoms with Gasteiger partial charge >= 0.3 is 0 Å². The minimum Gasteiger partial charge on any atom is -0.489 e. The Hall–Kier alpha value is -1.04. The predicted octanol–water partition coefficient (Wildman–Crippen LogP) is 2.39. The summed E-state index contributed by atoms with van der Waals surface area (Å²) in [6.45, 7) is 6.42. The molecule has 1 aromatic rings. The average molecular weight is 350 g/mol. The summed E-state index contributed by atoms with van der Waals surface area (Å²) in [6.07, 6.45) is 2.71. The minimum atomic E-state index is -0.0279. The number of rotatable bonds is 5. The number of hydrogen-bond acceptors (Lipinski definition) is 4. The van der Waals surface area contributed by atoms with Gasteiger partial charge < -0.3 is 15.0 Å². The highest BCUT2D eigenvalue weighted by Crippen LogP contribution is 2.23. The van der Waals surface area contributed by atoms with E-state index < -0.39 is 0 Å². The smallest absolute Gasteiger partial charge is 0.276 e. The fourth-order valence-electron chi connectivity index (χ4n) is 2.52. The monoisotopic (exact) mass is 349 g/mol.